The molecule has 1 fully saturated rings. The second kappa shape index (κ2) is 10.4. The number of esters is 1. The van der Waals surface area contributed by atoms with Crippen molar-refractivity contribution in [1.29, 1.82) is 0 Å². The van der Waals surface area contributed by atoms with Gasteiger partial charge in [0.2, 0.25) is 0 Å². The molecule has 4 rings (SSSR count). The summed E-state index contributed by atoms with van der Waals surface area (Å²) < 4.78 is 11.0. The van der Waals surface area contributed by atoms with Gasteiger partial charge in [-0.15, -0.1) is 0 Å². The number of aliphatic hydroxyl groups is 1. The molecule has 184 valence electrons. The smallest absolute Gasteiger partial charge is 0.337 e. The first kappa shape index (κ1) is 25.2. The lowest BCUT2D eigenvalue weighted by atomic mass is 9.94. The quantitative estimate of drug-likeness (QED) is 0.197. The highest BCUT2D eigenvalue weighted by molar-refractivity contribution is 9.10. The van der Waals surface area contributed by atoms with Gasteiger partial charge in [0.05, 0.1) is 31.4 Å². The van der Waals surface area contributed by atoms with Gasteiger partial charge in [0.1, 0.15) is 11.5 Å². The molecule has 0 saturated carbocycles. The Kier molecular flexibility index (Phi) is 7.26. The van der Waals surface area contributed by atoms with Crippen LogP contribution in [0.15, 0.2) is 76.8 Å². The summed E-state index contributed by atoms with van der Waals surface area (Å²) in [6, 6.07) is 18.0. The average Bonchev–Trinajstić information content (AvgIpc) is 3.14. The molecule has 1 unspecified atom stereocenters. The number of amides is 1. The Bertz CT molecular complexity index is 1380. The van der Waals surface area contributed by atoms with E-state index >= 15 is 0 Å². The summed E-state index contributed by atoms with van der Waals surface area (Å²) in [6.07, 6.45) is 0. The third-order valence-electron chi connectivity index (χ3n) is 6.11. The van der Waals surface area contributed by atoms with Gasteiger partial charge in [0.25, 0.3) is 11.7 Å². The number of carbonyl (C=O) groups is 3. The van der Waals surface area contributed by atoms with E-state index in [1.165, 1.54) is 19.1 Å². The number of methoxy groups -OCH3 is 2. The molecule has 1 saturated heterocycles. The molecule has 1 aliphatic heterocycles. The maximum Gasteiger partial charge on any atom is 0.337 e. The van der Waals surface area contributed by atoms with Crippen molar-refractivity contribution < 1.29 is 29.0 Å². The number of nitrogens with zero attached hydrogens (tertiary/aromatic N) is 1. The van der Waals surface area contributed by atoms with Crippen molar-refractivity contribution >= 4 is 39.3 Å². The van der Waals surface area contributed by atoms with Crippen molar-refractivity contribution in [2.75, 3.05) is 14.2 Å². The standard InChI is InChI=1S/C28H24BrNO6/c1-16-13-20(11-12-22(16)29)25(31)23-24(19-5-4-6-21(14-19)35-2)30(27(33)26(23)32)15-17-7-9-18(10-8-17)28(34)36-3/h4-14,24,31H,15H2,1-3H3/b25-23-. The van der Waals surface area contributed by atoms with Crippen LogP contribution in [0.25, 0.3) is 5.76 Å². The number of carbonyl (C=O) groups excluding carboxylic acids is 3. The molecule has 1 atom stereocenters. The molecule has 1 aliphatic rings. The van der Waals surface area contributed by atoms with Crippen molar-refractivity contribution in [3.05, 3.63) is 105 Å². The highest BCUT2D eigenvalue weighted by Crippen LogP contribution is 2.41. The second-order valence-corrected chi connectivity index (χ2v) is 9.21. The van der Waals surface area contributed by atoms with Crippen LogP contribution in [0, 0.1) is 6.92 Å². The number of ether oxygens (including phenoxy) is 2. The van der Waals surface area contributed by atoms with E-state index in [1.54, 1.807) is 66.7 Å². The molecule has 0 spiro atoms. The molecule has 1 N–H and O–H groups in total. The molecule has 7 nitrogen and oxygen atoms in total. The van der Waals surface area contributed by atoms with Crippen LogP contribution in [-0.4, -0.2) is 41.9 Å². The predicted molar refractivity (Wildman–Crippen MR) is 138 cm³/mol. The number of ketones is 1. The van der Waals surface area contributed by atoms with E-state index in [0.717, 1.165) is 10.0 Å². The Labute approximate surface area is 217 Å². The van der Waals surface area contributed by atoms with Crippen LogP contribution in [-0.2, 0) is 20.9 Å². The first-order valence-corrected chi connectivity index (χ1v) is 11.9. The van der Waals surface area contributed by atoms with Gasteiger partial charge >= 0.3 is 5.97 Å². The van der Waals surface area contributed by atoms with E-state index in [4.69, 9.17) is 9.47 Å². The zero-order chi connectivity index (χ0) is 26.0. The van der Waals surface area contributed by atoms with Crippen LogP contribution in [0.1, 0.15) is 38.7 Å². The third-order valence-corrected chi connectivity index (χ3v) is 7.00. The lowest BCUT2D eigenvalue weighted by Gasteiger charge is -2.26. The Morgan fingerprint density at radius 3 is 2.33 bits per heavy atom. The molecule has 3 aromatic rings. The molecule has 0 aliphatic carbocycles. The molecular weight excluding hydrogens is 526 g/mol. The number of rotatable bonds is 6. The summed E-state index contributed by atoms with van der Waals surface area (Å²) >= 11 is 3.44. The fourth-order valence-corrected chi connectivity index (χ4v) is 4.46. The van der Waals surface area contributed by atoms with Gasteiger partial charge in [-0.25, -0.2) is 4.79 Å². The Hall–Kier alpha value is -3.91. The molecule has 8 heteroatoms. The summed E-state index contributed by atoms with van der Waals surface area (Å²) in [5.41, 5.74) is 3.01. The van der Waals surface area contributed by atoms with E-state index in [-0.39, 0.29) is 17.9 Å². The van der Waals surface area contributed by atoms with E-state index in [1.807, 2.05) is 6.92 Å². The highest BCUT2D eigenvalue weighted by atomic mass is 79.9. The lowest BCUT2D eigenvalue weighted by Crippen LogP contribution is -2.29. The summed E-state index contributed by atoms with van der Waals surface area (Å²) in [7, 11) is 2.83. The van der Waals surface area contributed by atoms with Crippen molar-refractivity contribution in [2.45, 2.75) is 19.5 Å². The van der Waals surface area contributed by atoms with Gasteiger partial charge in [-0.05, 0) is 60.0 Å². The van der Waals surface area contributed by atoms with Crippen LogP contribution in [0.4, 0.5) is 0 Å². The number of likely N-dealkylation sites (tertiary alicyclic amines) is 1. The minimum atomic E-state index is -0.843. The van der Waals surface area contributed by atoms with Crippen molar-refractivity contribution in [1.82, 2.24) is 4.90 Å². The van der Waals surface area contributed by atoms with Crippen molar-refractivity contribution in [3.8, 4) is 5.75 Å². The van der Waals surface area contributed by atoms with Crippen molar-refractivity contribution in [3.63, 3.8) is 0 Å². The van der Waals surface area contributed by atoms with E-state index < -0.39 is 23.7 Å². The molecule has 3 aromatic carbocycles. The van der Waals surface area contributed by atoms with Crippen molar-refractivity contribution in [2.24, 2.45) is 0 Å². The molecule has 0 bridgehead atoms. The van der Waals surface area contributed by atoms with E-state index in [0.29, 0.717) is 28.0 Å². The lowest BCUT2D eigenvalue weighted by molar-refractivity contribution is -0.140. The van der Waals surface area contributed by atoms with Gasteiger partial charge in [-0.2, -0.15) is 0 Å². The largest absolute Gasteiger partial charge is 0.507 e. The maximum atomic E-state index is 13.3. The number of hydrogen-bond acceptors (Lipinski definition) is 6. The fourth-order valence-electron chi connectivity index (χ4n) is 4.21. The normalized spacial score (nSPS) is 16.8. The maximum absolute atomic E-state index is 13.3. The number of Topliss-reactive ketones (excluding diaryl/α,β-unsaturated/α-hetero) is 1. The first-order valence-electron chi connectivity index (χ1n) is 11.1. The Morgan fingerprint density at radius 1 is 1.00 bits per heavy atom. The van der Waals surface area contributed by atoms with Crippen LogP contribution < -0.4 is 4.74 Å². The van der Waals surface area contributed by atoms with Gasteiger partial charge < -0.3 is 19.5 Å². The molecular formula is C28H24BrNO6. The molecule has 1 amide bonds. The summed E-state index contributed by atoms with van der Waals surface area (Å²) in [5, 5.41) is 11.3. The molecule has 0 radical (unpaired) electrons. The van der Waals surface area contributed by atoms with Gasteiger partial charge in [0.15, 0.2) is 0 Å². The van der Waals surface area contributed by atoms with E-state index in [2.05, 4.69) is 15.9 Å². The van der Waals surface area contributed by atoms with Crippen LogP contribution in [0.5, 0.6) is 5.75 Å². The third kappa shape index (κ3) is 4.77. The van der Waals surface area contributed by atoms with Gasteiger partial charge in [-0.1, -0.05) is 46.3 Å². The number of aryl methyl sites for hydroxylation is 1. The number of halogens is 1. The Balaban J connectivity index is 1.82. The SMILES string of the molecule is COC(=O)c1ccc(CN2C(=O)C(=O)/C(=C(\O)c3ccc(Br)c(C)c3)C2c2cccc(OC)c2)cc1. The van der Waals surface area contributed by atoms with E-state index in [9.17, 15) is 19.5 Å². The van der Waals surface area contributed by atoms with Crippen LogP contribution in [0.3, 0.4) is 0 Å². The number of benzene rings is 3. The molecule has 36 heavy (non-hydrogen) atoms. The monoisotopic (exact) mass is 549 g/mol. The van der Waals surface area contributed by atoms with Crippen LogP contribution in [0.2, 0.25) is 0 Å². The fraction of sp³-hybridized carbons (Fsp3) is 0.179. The highest BCUT2D eigenvalue weighted by Gasteiger charge is 2.46. The topological polar surface area (TPSA) is 93.1 Å². The van der Waals surface area contributed by atoms with Crippen LogP contribution >= 0.6 is 15.9 Å². The molecule has 1 heterocycles. The zero-order valence-corrected chi connectivity index (χ0v) is 21.5. The first-order chi connectivity index (χ1) is 17.2. The number of hydrogen-bond donors (Lipinski definition) is 1. The summed E-state index contributed by atoms with van der Waals surface area (Å²) in [5.74, 6) is -1.66. The predicted octanol–water partition coefficient (Wildman–Crippen LogP) is 5.17. The minimum Gasteiger partial charge on any atom is -0.507 e. The number of aliphatic hydroxyl groups excluding tert-OH is 1. The summed E-state index contributed by atoms with van der Waals surface area (Å²) in [6.45, 7) is 1.96. The Morgan fingerprint density at radius 2 is 1.69 bits per heavy atom. The second-order valence-electron chi connectivity index (χ2n) is 8.36. The summed E-state index contributed by atoms with van der Waals surface area (Å²) in [4.78, 5) is 39.7. The minimum absolute atomic E-state index is 0.00107. The van der Waals surface area contributed by atoms with Gasteiger partial charge in [0, 0.05) is 16.6 Å². The average molecular weight is 550 g/mol. The van der Waals surface area contributed by atoms with Gasteiger partial charge in [-0.3, -0.25) is 9.59 Å². The zero-order valence-electron chi connectivity index (χ0n) is 19.9. The molecule has 0 aromatic heterocycles.